The topological polar surface area (TPSA) is 81.2 Å². The van der Waals surface area contributed by atoms with Gasteiger partial charge < -0.3 is 15.2 Å². The Balaban J connectivity index is 2.98. The predicted molar refractivity (Wildman–Crippen MR) is 40.7 cm³/mol. The van der Waals surface area contributed by atoms with E-state index in [-0.39, 0.29) is 18.5 Å². The maximum absolute atomic E-state index is 10.4. The molecular formula is C6H9N3O3. The van der Waals surface area contributed by atoms with Gasteiger partial charge in [-0.15, -0.1) is 0 Å². The lowest BCUT2D eigenvalue weighted by atomic mass is 10.3. The molecule has 0 saturated carbocycles. The van der Waals surface area contributed by atoms with Crippen LogP contribution in [0.5, 0.6) is 0 Å². The van der Waals surface area contributed by atoms with Gasteiger partial charge in [-0.25, -0.2) is 9.55 Å². The molecule has 0 bridgehead atoms. The van der Waals surface area contributed by atoms with Crippen molar-refractivity contribution >= 4 is 5.82 Å². The quantitative estimate of drug-likeness (QED) is 0.525. The zero-order valence-electron chi connectivity index (χ0n) is 6.54. The number of imidazole rings is 1. The first kappa shape index (κ1) is 8.66. The second-order valence-electron chi connectivity index (χ2n) is 2.45. The number of aromatic nitrogens is 2. The van der Waals surface area contributed by atoms with Gasteiger partial charge in [-0.3, -0.25) is 0 Å². The summed E-state index contributed by atoms with van der Waals surface area (Å²) in [5, 5.41) is 19.1. The molecule has 0 spiro atoms. The van der Waals surface area contributed by atoms with Crippen LogP contribution < -0.4 is 0 Å². The Morgan fingerprint density at radius 1 is 1.92 bits per heavy atom. The molecule has 6 nitrogen and oxygen atoms in total. The number of nitrogens with zero attached hydrogens (tertiary/aromatic N) is 3. The van der Waals surface area contributed by atoms with E-state index in [1.54, 1.807) is 6.92 Å². The minimum Gasteiger partial charge on any atom is -0.392 e. The Morgan fingerprint density at radius 3 is 3.08 bits per heavy atom. The molecule has 66 valence electrons. The lowest BCUT2D eigenvalue weighted by molar-refractivity contribution is -0.392. The molecule has 0 aliphatic heterocycles. The summed E-state index contributed by atoms with van der Waals surface area (Å²) in [7, 11) is 0. The van der Waals surface area contributed by atoms with E-state index in [1.807, 2.05) is 0 Å². The maximum atomic E-state index is 10.4. The molecule has 1 aromatic rings. The second-order valence-corrected chi connectivity index (χ2v) is 2.45. The van der Waals surface area contributed by atoms with Crippen LogP contribution in [0, 0.1) is 10.1 Å². The first-order chi connectivity index (χ1) is 5.66. The highest BCUT2D eigenvalue weighted by molar-refractivity contribution is 5.15. The molecule has 1 atom stereocenters. The summed E-state index contributed by atoms with van der Waals surface area (Å²) in [4.78, 5) is 13.5. The van der Waals surface area contributed by atoms with Crippen LogP contribution in [0.15, 0.2) is 12.5 Å². The summed E-state index contributed by atoms with van der Waals surface area (Å²) in [6.45, 7) is 1.53. The van der Waals surface area contributed by atoms with Gasteiger partial charge in [0, 0.05) is 0 Å². The van der Waals surface area contributed by atoms with Gasteiger partial charge in [-0.1, -0.05) is 0 Å². The van der Waals surface area contributed by atoms with E-state index in [0.717, 1.165) is 6.20 Å². The van der Waals surface area contributed by atoms with Crippen LogP contribution >= 0.6 is 0 Å². The minimum atomic E-state index is -0.529. The molecule has 6 heteroatoms. The van der Waals surface area contributed by atoms with Gasteiger partial charge in [0.2, 0.25) is 0 Å². The van der Waals surface area contributed by atoms with E-state index in [0.29, 0.717) is 0 Å². The average Bonchev–Trinajstić information content (AvgIpc) is 2.50. The summed E-state index contributed by atoms with van der Waals surface area (Å²) in [5.74, 6) is -0.100. The van der Waals surface area contributed by atoms with Crippen molar-refractivity contribution < 1.29 is 10.0 Å². The fourth-order valence-corrected chi connectivity index (χ4v) is 0.867. The van der Waals surface area contributed by atoms with Crippen molar-refractivity contribution in [2.75, 3.05) is 6.61 Å². The number of nitro groups is 1. The molecule has 0 aromatic carbocycles. The van der Waals surface area contributed by atoms with Crippen molar-refractivity contribution in [1.29, 1.82) is 0 Å². The highest BCUT2D eigenvalue weighted by Crippen LogP contribution is 2.15. The zero-order valence-corrected chi connectivity index (χ0v) is 6.54. The van der Waals surface area contributed by atoms with Crippen LogP contribution in [0.25, 0.3) is 0 Å². The van der Waals surface area contributed by atoms with Gasteiger partial charge >= 0.3 is 5.82 Å². The van der Waals surface area contributed by atoms with Crippen molar-refractivity contribution in [3.63, 3.8) is 0 Å². The Labute approximate surface area is 68.6 Å². The smallest absolute Gasteiger partial charge is 0.342 e. The fourth-order valence-electron chi connectivity index (χ4n) is 0.867. The molecule has 0 fully saturated rings. The fraction of sp³-hybridized carbons (Fsp3) is 0.500. The molecule has 0 aliphatic rings. The molecule has 0 amide bonds. The Bertz CT molecular complexity index is 283. The van der Waals surface area contributed by atoms with Gasteiger partial charge in [0.15, 0.2) is 6.33 Å². The SMILES string of the molecule is CC(CO)n1cncc1[N+](=O)[O-]. The molecule has 0 aliphatic carbocycles. The largest absolute Gasteiger partial charge is 0.392 e. The zero-order chi connectivity index (χ0) is 9.14. The van der Waals surface area contributed by atoms with Crippen molar-refractivity contribution in [3.05, 3.63) is 22.6 Å². The summed E-state index contributed by atoms with van der Waals surface area (Å²) in [6.07, 6.45) is 2.49. The van der Waals surface area contributed by atoms with E-state index >= 15 is 0 Å². The second kappa shape index (κ2) is 3.31. The standard InChI is InChI=1S/C6H9N3O3/c1-5(3-10)8-4-7-2-6(8)9(11)12/h2,4-5,10H,3H2,1H3. The van der Waals surface area contributed by atoms with Crippen LogP contribution in [-0.4, -0.2) is 26.2 Å². The number of aliphatic hydroxyl groups excluding tert-OH is 1. The Hall–Kier alpha value is -1.43. The highest BCUT2D eigenvalue weighted by Gasteiger charge is 2.17. The number of hydrogen-bond donors (Lipinski definition) is 1. The summed E-state index contributed by atoms with van der Waals surface area (Å²) in [6, 6.07) is -0.312. The minimum absolute atomic E-state index is 0.100. The summed E-state index contributed by atoms with van der Waals surface area (Å²) in [5.41, 5.74) is 0. The molecule has 1 unspecified atom stereocenters. The van der Waals surface area contributed by atoms with Crippen LogP contribution in [0.3, 0.4) is 0 Å². The third kappa shape index (κ3) is 1.42. The average molecular weight is 171 g/mol. The van der Waals surface area contributed by atoms with Crippen LogP contribution in [0.1, 0.15) is 13.0 Å². The van der Waals surface area contributed by atoms with Crippen molar-refractivity contribution in [2.24, 2.45) is 0 Å². The van der Waals surface area contributed by atoms with Gasteiger partial charge in [0.05, 0.1) is 6.61 Å². The highest BCUT2D eigenvalue weighted by atomic mass is 16.6. The van der Waals surface area contributed by atoms with Gasteiger partial charge in [0.1, 0.15) is 12.2 Å². The summed E-state index contributed by atoms with van der Waals surface area (Å²) < 4.78 is 1.32. The number of aliphatic hydroxyl groups is 1. The molecule has 1 aromatic heterocycles. The van der Waals surface area contributed by atoms with Crippen LogP contribution in [0.2, 0.25) is 0 Å². The van der Waals surface area contributed by atoms with E-state index in [4.69, 9.17) is 5.11 Å². The van der Waals surface area contributed by atoms with Crippen molar-refractivity contribution in [2.45, 2.75) is 13.0 Å². The molecular weight excluding hydrogens is 162 g/mol. The third-order valence-corrected chi connectivity index (χ3v) is 1.57. The first-order valence-electron chi connectivity index (χ1n) is 3.44. The molecule has 0 saturated heterocycles. The Morgan fingerprint density at radius 2 is 2.58 bits per heavy atom. The van der Waals surface area contributed by atoms with E-state index < -0.39 is 4.92 Å². The van der Waals surface area contributed by atoms with Crippen LogP contribution in [-0.2, 0) is 0 Å². The van der Waals surface area contributed by atoms with Crippen molar-refractivity contribution in [3.8, 4) is 0 Å². The van der Waals surface area contributed by atoms with E-state index in [1.165, 1.54) is 10.9 Å². The first-order valence-corrected chi connectivity index (χ1v) is 3.44. The molecule has 1 rings (SSSR count). The van der Waals surface area contributed by atoms with Gasteiger partial charge in [-0.2, -0.15) is 0 Å². The predicted octanol–water partition coefficient (Wildman–Crippen LogP) is 0.345. The lowest BCUT2D eigenvalue weighted by Gasteiger charge is -2.05. The monoisotopic (exact) mass is 171 g/mol. The Kier molecular flexibility index (Phi) is 2.39. The molecule has 1 heterocycles. The third-order valence-electron chi connectivity index (χ3n) is 1.57. The lowest BCUT2D eigenvalue weighted by Crippen LogP contribution is -2.10. The molecule has 12 heavy (non-hydrogen) atoms. The molecule has 0 radical (unpaired) electrons. The normalized spacial score (nSPS) is 12.8. The van der Waals surface area contributed by atoms with Crippen molar-refractivity contribution in [1.82, 2.24) is 9.55 Å². The van der Waals surface area contributed by atoms with Crippen LogP contribution in [0.4, 0.5) is 5.82 Å². The summed E-state index contributed by atoms with van der Waals surface area (Å²) >= 11 is 0. The van der Waals surface area contributed by atoms with Gasteiger partial charge in [-0.05, 0) is 11.8 Å². The number of hydrogen-bond acceptors (Lipinski definition) is 4. The van der Waals surface area contributed by atoms with E-state index in [9.17, 15) is 10.1 Å². The van der Waals surface area contributed by atoms with E-state index in [2.05, 4.69) is 4.98 Å². The maximum Gasteiger partial charge on any atom is 0.342 e. The number of rotatable bonds is 3. The molecule has 1 N–H and O–H groups in total. The van der Waals surface area contributed by atoms with Gasteiger partial charge in [0.25, 0.3) is 0 Å².